The van der Waals surface area contributed by atoms with Crippen molar-refractivity contribution in [1.29, 1.82) is 0 Å². The number of aliphatic hydroxyl groups is 1. The second-order valence-corrected chi connectivity index (χ2v) is 5.31. The van der Waals surface area contributed by atoms with Gasteiger partial charge in [-0.25, -0.2) is 0 Å². The number of aliphatic hydroxyl groups excluding tert-OH is 1. The van der Waals surface area contributed by atoms with Gasteiger partial charge in [0.1, 0.15) is 0 Å². The molecule has 0 aliphatic carbocycles. The van der Waals surface area contributed by atoms with Gasteiger partial charge in [-0.3, -0.25) is 9.69 Å². The lowest BCUT2D eigenvalue weighted by Crippen LogP contribution is -2.43. The number of anilines is 1. The van der Waals surface area contributed by atoms with Gasteiger partial charge < -0.3 is 10.4 Å². The first kappa shape index (κ1) is 15.7. The number of likely N-dealkylation sites (N-methyl/N-ethyl adjacent to an activating group) is 1. The Morgan fingerprint density at radius 1 is 1.26 bits per heavy atom. The highest BCUT2D eigenvalue weighted by Crippen LogP contribution is 2.14. The lowest BCUT2D eigenvalue weighted by Gasteiger charge is -2.26. The standard InChI is InChI=1S/C15H24N2O2/c1-11(2)14(17(3)4)15(19)16-13-7-5-12(6-8-13)9-10-18/h5-8,11,14,18H,9-10H2,1-4H3,(H,16,19). The molecule has 1 amide bonds. The number of nitrogens with zero attached hydrogens (tertiary/aromatic N) is 1. The number of benzene rings is 1. The molecule has 0 spiro atoms. The maximum atomic E-state index is 12.2. The monoisotopic (exact) mass is 264 g/mol. The smallest absolute Gasteiger partial charge is 0.241 e. The number of amides is 1. The van der Waals surface area contributed by atoms with Gasteiger partial charge >= 0.3 is 0 Å². The van der Waals surface area contributed by atoms with Crippen LogP contribution in [0.4, 0.5) is 5.69 Å². The molecule has 0 radical (unpaired) electrons. The molecule has 0 saturated heterocycles. The van der Waals surface area contributed by atoms with Gasteiger partial charge in [-0.05, 0) is 44.1 Å². The van der Waals surface area contributed by atoms with Crippen LogP contribution in [0.1, 0.15) is 19.4 Å². The number of rotatable bonds is 6. The maximum Gasteiger partial charge on any atom is 0.241 e. The third kappa shape index (κ3) is 4.65. The van der Waals surface area contributed by atoms with Crippen LogP contribution >= 0.6 is 0 Å². The second-order valence-electron chi connectivity index (χ2n) is 5.31. The molecule has 1 aromatic carbocycles. The van der Waals surface area contributed by atoms with Crippen molar-refractivity contribution < 1.29 is 9.90 Å². The Morgan fingerprint density at radius 3 is 2.26 bits per heavy atom. The molecule has 1 atom stereocenters. The van der Waals surface area contributed by atoms with Gasteiger partial charge in [-0.15, -0.1) is 0 Å². The molecule has 106 valence electrons. The molecule has 4 heteroatoms. The quantitative estimate of drug-likeness (QED) is 0.823. The fourth-order valence-corrected chi connectivity index (χ4v) is 2.23. The van der Waals surface area contributed by atoms with Crippen LogP contribution in [0.25, 0.3) is 0 Å². The van der Waals surface area contributed by atoms with Crippen LogP contribution in [0.3, 0.4) is 0 Å². The van der Waals surface area contributed by atoms with Gasteiger partial charge in [-0.2, -0.15) is 0 Å². The van der Waals surface area contributed by atoms with E-state index in [1.807, 2.05) is 57.1 Å². The molecule has 0 aromatic heterocycles. The molecule has 19 heavy (non-hydrogen) atoms. The summed E-state index contributed by atoms with van der Waals surface area (Å²) in [6, 6.07) is 7.45. The predicted molar refractivity (Wildman–Crippen MR) is 78.2 cm³/mol. The zero-order valence-electron chi connectivity index (χ0n) is 12.2. The van der Waals surface area contributed by atoms with E-state index in [-0.39, 0.29) is 24.5 Å². The SMILES string of the molecule is CC(C)C(C(=O)Nc1ccc(CCO)cc1)N(C)C. The highest BCUT2D eigenvalue weighted by atomic mass is 16.2. The lowest BCUT2D eigenvalue weighted by molar-refractivity contribution is -0.121. The first-order chi connectivity index (χ1) is 8.95. The third-order valence-corrected chi connectivity index (χ3v) is 3.08. The summed E-state index contributed by atoms with van der Waals surface area (Å²) in [5.41, 5.74) is 1.85. The Labute approximate surface area is 115 Å². The van der Waals surface area contributed by atoms with Crippen LogP contribution in [0.15, 0.2) is 24.3 Å². The summed E-state index contributed by atoms with van der Waals surface area (Å²) in [4.78, 5) is 14.1. The number of hydrogen-bond donors (Lipinski definition) is 2. The summed E-state index contributed by atoms with van der Waals surface area (Å²) in [6.45, 7) is 4.21. The Bertz CT molecular complexity index is 391. The molecular weight excluding hydrogens is 240 g/mol. The number of nitrogens with one attached hydrogen (secondary N) is 1. The molecule has 0 saturated carbocycles. The third-order valence-electron chi connectivity index (χ3n) is 3.08. The van der Waals surface area contributed by atoms with Crippen molar-refractivity contribution in [2.24, 2.45) is 5.92 Å². The summed E-state index contributed by atoms with van der Waals surface area (Å²) in [5, 5.41) is 11.8. The molecule has 4 nitrogen and oxygen atoms in total. The summed E-state index contributed by atoms with van der Waals surface area (Å²) in [7, 11) is 3.82. The highest BCUT2D eigenvalue weighted by Gasteiger charge is 2.24. The van der Waals surface area contributed by atoms with Gasteiger partial charge in [0.15, 0.2) is 0 Å². The minimum Gasteiger partial charge on any atom is -0.396 e. The normalized spacial score (nSPS) is 12.8. The zero-order valence-corrected chi connectivity index (χ0v) is 12.2. The van der Waals surface area contributed by atoms with Gasteiger partial charge in [0, 0.05) is 12.3 Å². The van der Waals surface area contributed by atoms with Crippen LogP contribution in [-0.2, 0) is 11.2 Å². The van der Waals surface area contributed by atoms with E-state index in [4.69, 9.17) is 5.11 Å². The van der Waals surface area contributed by atoms with Crippen LogP contribution in [-0.4, -0.2) is 42.7 Å². The Kier molecular flexibility index (Phi) is 5.99. The van der Waals surface area contributed by atoms with Crippen LogP contribution in [0.2, 0.25) is 0 Å². The minimum atomic E-state index is -0.142. The molecule has 1 aromatic rings. The van der Waals surface area contributed by atoms with E-state index >= 15 is 0 Å². The van der Waals surface area contributed by atoms with Crippen LogP contribution in [0, 0.1) is 5.92 Å². The average Bonchev–Trinajstić information content (AvgIpc) is 2.31. The average molecular weight is 264 g/mol. The molecule has 0 aliphatic heterocycles. The van der Waals surface area contributed by atoms with Crippen LogP contribution < -0.4 is 5.32 Å². The summed E-state index contributed by atoms with van der Waals surface area (Å²) in [6.07, 6.45) is 0.639. The predicted octanol–water partition coefficient (Wildman–Crippen LogP) is 1.75. The zero-order chi connectivity index (χ0) is 14.4. The van der Waals surface area contributed by atoms with Crippen molar-refractivity contribution in [3.63, 3.8) is 0 Å². The number of hydrogen-bond acceptors (Lipinski definition) is 3. The fraction of sp³-hybridized carbons (Fsp3) is 0.533. The Hall–Kier alpha value is -1.39. The molecule has 1 unspecified atom stereocenters. The topological polar surface area (TPSA) is 52.6 Å². The molecule has 2 N–H and O–H groups in total. The molecule has 0 aliphatic rings. The summed E-state index contributed by atoms with van der Waals surface area (Å²) >= 11 is 0. The van der Waals surface area contributed by atoms with Gasteiger partial charge in [0.25, 0.3) is 0 Å². The summed E-state index contributed by atoms with van der Waals surface area (Å²) < 4.78 is 0. The van der Waals surface area contributed by atoms with Crippen molar-refractivity contribution in [2.75, 3.05) is 26.0 Å². The van der Waals surface area contributed by atoms with Crippen molar-refractivity contribution >= 4 is 11.6 Å². The van der Waals surface area contributed by atoms with Crippen LogP contribution in [0.5, 0.6) is 0 Å². The van der Waals surface area contributed by atoms with Gasteiger partial charge in [0.05, 0.1) is 6.04 Å². The van der Waals surface area contributed by atoms with Crippen molar-refractivity contribution in [1.82, 2.24) is 4.90 Å². The number of carbonyl (C=O) groups is 1. The van der Waals surface area contributed by atoms with Crippen molar-refractivity contribution in [2.45, 2.75) is 26.3 Å². The lowest BCUT2D eigenvalue weighted by atomic mass is 10.0. The Morgan fingerprint density at radius 2 is 1.84 bits per heavy atom. The molecular formula is C15H24N2O2. The van der Waals surface area contributed by atoms with Gasteiger partial charge in [-0.1, -0.05) is 26.0 Å². The fourth-order valence-electron chi connectivity index (χ4n) is 2.23. The van der Waals surface area contributed by atoms with E-state index < -0.39 is 0 Å². The van der Waals surface area contributed by atoms with Crippen molar-refractivity contribution in [3.05, 3.63) is 29.8 Å². The van der Waals surface area contributed by atoms with E-state index in [0.717, 1.165) is 11.3 Å². The number of carbonyl (C=O) groups excluding carboxylic acids is 1. The first-order valence-electron chi connectivity index (χ1n) is 6.62. The van der Waals surface area contributed by atoms with E-state index in [1.54, 1.807) is 0 Å². The first-order valence-corrected chi connectivity index (χ1v) is 6.62. The highest BCUT2D eigenvalue weighted by molar-refractivity contribution is 5.94. The minimum absolute atomic E-state index is 0.00917. The van der Waals surface area contributed by atoms with Crippen molar-refractivity contribution in [3.8, 4) is 0 Å². The second kappa shape index (κ2) is 7.26. The molecule has 0 fully saturated rings. The van der Waals surface area contributed by atoms with E-state index in [2.05, 4.69) is 5.32 Å². The molecule has 0 bridgehead atoms. The van der Waals surface area contributed by atoms with E-state index in [1.165, 1.54) is 0 Å². The van der Waals surface area contributed by atoms with Gasteiger partial charge in [0.2, 0.25) is 5.91 Å². The molecule has 0 heterocycles. The maximum absolute atomic E-state index is 12.2. The van der Waals surface area contributed by atoms with E-state index in [0.29, 0.717) is 6.42 Å². The Balaban J connectivity index is 2.70. The largest absolute Gasteiger partial charge is 0.396 e. The summed E-state index contributed by atoms with van der Waals surface area (Å²) in [5.74, 6) is 0.263. The molecule has 1 rings (SSSR count). The van der Waals surface area contributed by atoms with E-state index in [9.17, 15) is 4.79 Å².